The molecule has 1 fully saturated rings. The molecular formula is C20H15Cl3N2O4. The number of imide groups is 1. The van der Waals surface area contributed by atoms with Gasteiger partial charge in [0.05, 0.1) is 16.6 Å². The van der Waals surface area contributed by atoms with Crippen LogP contribution in [0.5, 0.6) is 5.75 Å². The van der Waals surface area contributed by atoms with Crippen LogP contribution >= 0.6 is 34.8 Å². The third kappa shape index (κ3) is 3.80. The highest BCUT2D eigenvalue weighted by Gasteiger charge is 2.40. The third-order valence-electron chi connectivity index (χ3n) is 5.02. The molecule has 0 aliphatic carbocycles. The molecule has 9 heteroatoms. The van der Waals surface area contributed by atoms with E-state index >= 15 is 0 Å². The van der Waals surface area contributed by atoms with Gasteiger partial charge in [0.25, 0.3) is 5.91 Å². The van der Waals surface area contributed by atoms with Gasteiger partial charge in [0.1, 0.15) is 18.4 Å². The summed E-state index contributed by atoms with van der Waals surface area (Å²) in [5, 5.41) is 3.49. The molecule has 1 saturated heterocycles. The Balaban J connectivity index is 1.56. The second-order valence-electron chi connectivity index (χ2n) is 6.82. The number of amides is 3. The number of nitrogens with zero attached hydrogens (tertiary/aromatic N) is 1. The molecule has 6 nitrogen and oxygen atoms in total. The molecule has 1 N–H and O–H groups in total. The van der Waals surface area contributed by atoms with Gasteiger partial charge >= 0.3 is 0 Å². The van der Waals surface area contributed by atoms with E-state index in [1.54, 1.807) is 30.3 Å². The van der Waals surface area contributed by atoms with Crippen LogP contribution in [0.25, 0.3) is 0 Å². The molecule has 4 rings (SSSR count). The van der Waals surface area contributed by atoms with Gasteiger partial charge in [0.15, 0.2) is 0 Å². The second kappa shape index (κ2) is 7.86. The van der Waals surface area contributed by atoms with Gasteiger partial charge < -0.3 is 9.64 Å². The van der Waals surface area contributed by atoms with Crippen LogP contribution in [-0.4, -0.2) is 28.7 Å². The number of hydrogen-bond acceptors (Lipinski definition) is 4. The highest BCUT2D eigenvalue weighted by Crippen LogP contribution is 2.35. The highest BCUT2D eigenvalue weighted by molar-refractivity contribution is 6.39. The van der Waals surface area contributed by atoms with Gasteiger partial charge in [-0.05, 0) is 30.7 Å². The summed E-state index contributed by atoms with van der Waals surface area (Å²) < 4.78 is 5.92. The standard InChI is InChI=1S/C20H15Cl3N2O4/c21-10-6-14(22)13(15(23)7-10)9-29-17-3-1-2-11-12(17)8-25(20(11)28)16-4-5-18(26)24-19(16)27/h1-3,6-7,16H,4-5,8-9H2,(H,24,26,27). The Kier molecular flexibility index (Phi) is 5.42. The molecule has 1 atom stereocenters. The van der Waals surface area contributed by atoms with Gasteiger partial charge in [-0.25, -0.2) is 0 Å². The summed E-state index contributed by atoms with van der Waals surface area (Å²) in [4.78, 5) is 37.9. The van der Waals surface area contributed by atoms with Crippen molar-refractivity contribution in [2.24, 2.45) is 0 Å². The number of hydrogen-bond donors (Lipinski definition) is 1. The average Bonchev–Trinajstić information content (AvgIpc) is 2.98. The van der Waals surface area contributed by atoms with E-state index in [0.717, 1.165) is 0 Å². The number of fused-ring (bicyclic) bond motifs is 1. The first-order valence-corrected chi connectivity index (χ1v) is 10.0. The normalized spacial score (nSPS) is 18.7. The molecule has 0 saturated carbocycles. The van der Waals surface area contributed by atoms with E-state index in [4.69, 9.17) is 39.5 Å². The lowest BCUT2D eigenvalue weighted by atomic mass is 10.0. The van der Waals surface area contributed by atoms with Crippen LogP contribution in [0.15, 0.2) is 30.3 Å². The van der Waals surface area contributed by atoms with Crippen molar-refractivity contribution in [1.29, 1.82) is 0 Å². The molecule has 0 bridgehead atoms. The van der Waals surface area contributed by atoms with E-state index in [1.165, 1.54) is 4.90 Å². The average molecular weight is 454 g/mol. The molecule has 0 spiro atoms. The molecule has 3 amide bonds. The zero-order chi connectivity index (χ0) is 20.7. The minimum Gasteiger partial charge on any atom is -0.488 e. The quantitative estimate of drug-likeness (QED) is 0.710. The van der Waals surface area contributed by atoms with Gasteiger partial charge in [-0.2, -0.15) is 0 Å². The van der Waals surface area contributed by atoms with Crippen LogP contribution < -0.4 is 10.1 Å². The molecule has 2 aromatic rings. The third-order valence-corrected chi connectivity index (χ3v) is 5.91. The van der Waals surface area contributed by atoms with Crippen molar-refractivity contribution in [3.63, 3.8) is 0 Å². The van der Waals surface area contributed by atoms with Gasteiger partial charge in [-0.15, -0.1) is 0 Å². The Morgan fingerprint density at radius 1 is 1.10 bits per heavy atom. The van der Waals surface area contributed by atoms with Crippen molar-refractivity contribution < 1.29 is 19.1 Å². The van der Waals surface area contributed by atoms with Crippen molar-refractivity contribution in [3.05, 3.63) is 62.1 Å². The molecule has 150 valence electrons. The van der Waals surface area contributed by atoms with Crippen LogP contribution in [-0.2, 0) is 22.7 Å². The van der Waals surface area contributed by atoms with Gasteiger partial charge in [-0.1, -0.05) is 40.9 Å². The van der Waals surface area contributed by atoms with E-state index in [-0.39, 0.29) is 31.4 Å². The van der Waals surface area contributed by atoms with Crippen molar-refractivity contribution in [2.45, 2.75) is 32.0 Å². The summed E-state index contributed by atoms with van der Waals surface area (Å²) in [5.41, 5.74) is 1.74. The predicted molar refractivity (Wildman–Crippen MR) is 108 cm³/mol. The van der Waals surface area contributed by atoms with Crippen LogP contribution in [0, 0.1) is 0 Å². The number of carbonyl (C=O) groups is 3. The first-order chi connectivity index (χ1) is 13.8. The van der Waals surface area contributed by atoms with Crippen molar-refractivity contribution in [2.75, 3.05) is 0 Å². The summed E-state index contributed by atoms with van der Waals surface area (Å²) in [5.74, 6) is -0.531. The lowest BCUT2D eigenvalue weighted by Crippen LogP contribution is -2.52. The van der Waals surface area contributed by atoms with Crippen LogP contribution in [0.2, 0.25) is 15.1 Å². The van der Waals surface area contributed by atoms with Crippen molar-refractivity contribution in [3.8, 4) is 5.75 Å². The SMILES string of the molecule is O=C1CCC(N2Cc3c(OCc4c(Cl)cc(Cl)cc4Cl)cccc3C2=O)C(=O)N1. The van der Waals surface area contributed by atoms with E-state index in [0.29, 0.717) is 43.9 Å². The molecule has 29 heavy (non-hydrogen) atoms. The Bertz CT molecular complexity index is 1020. The maximum absolute atomic E-state index is 12.8. The molecule has 0 aromatic heterocycles. The fourth-order valence-corrected chi connectivity index (χ4v) is 4.48. The number of rotatable bonds is 4. The zero-order valence-electron chi connectivity index (χ0n) is 15.0. The number of nitrogens with one attached hydrogen (secondary N) is 1. The first kappa shape index (κ1) is 20.0. The lowest BCUT2D eigenvalue weighted by molar-refractivity contribution is -0.136. The maximum atomic E-state index is 12.8. The molecule has 0 radical (unpaired) electrons. The summed E-state index contributed by atoms with van der Waals surface area (Å²) in [6, 6.07) is 7.64. The van der Waals surface area contributed by atoms with Crippen LogP contribution in [0.1, 0.15) is 34.3 Å². The summed E-state index contributed by atoms with van der Waals surface area (Å²) >= 11 is 18.4. The number of carbonyl (C=O) groups excluding carboxylic acids is 3. The molecular weight excluding hydrogens is 439 g/mol. The highest BCUT2D eigenvalue weighted by atomic mass is 35.5. The molecule has 1 unspecified atom stereocenters. The number of piperidine rings is 1. The number of halogens is 3. The van der Waals surface area contributed by atoms with E-state index in [1.807, 2.05) is 0 Å². The zero-order valence-corrected chi connectivity index (χ0v) is 17.3. The summed E-state index contributed by atoms with van der Waals surface area (Å²) in [6.07, 6.45) is 0.504. The van der Waals surface area contributed by atoms with Gasteiger partial charge in [0.2, 0.25) is 11.8 Å². The monoisotopic (exact) mass is 452 g/mol. The van der Waals surface area contributed by atoms with Gasteiger partial charge in [0, 0.05) is 28.1 Å². The van der Waals surface area contributed by atoms with E-state index < -0.39 is 11.9 Å². The molecule has 2 aliphatic rings. The minimum absolute atomic E-state index is 0.0951. The summed E-state index contributed by atoms with van der Waals surface area (Å²) in [6.45, 7) is 0.316. The summed E-state index contributed by atoms with van der Waals surface area (Å²) in [7, 11) is 0. The van der Waals surface area contributed by atoms with E-state index in [2.05, 4.69) is 5.32 Å². The molecule has 2 heterocycles. The number of benzene rings is 2. The molecule has 2 aliphatic heterocycles. The van der Waals surface area contributed by atoms with Crippen molar-refractivity contribution >= 4 is 52.5 Å². The maximum Gasteiger partial charge on any atom is 0.255 e. The minimum atomic E-state index is -0.680. The first-order valence-electron chi connectivity index (χ1n) is 8.88. The number of ether oxygens (including phenoxy) is 1. The van der Waals surface area contributed by atoms with Gasteiger partial charge in [-0.3, -0.25) is 19.7 Å². The van der Waals surface area contributed by atoms with Crippen LogP contribution in [0.3, 0.4) is 0 Å². The van der Waals surface area contributed by atoms with Crippen LogP contribution in [0.4, 0.5) is 0 Å². The Labute approximate surface area is 181 Å². The second-order valence-corrected chi connectivity index (χ2v) is 8.07. The lowest BCUT2D eigenvalue weighted by Gasteiger charge is -2.29. The predicted octanol–water partition coefficient (Wildman–Crippen LogP) is 3.99. The van der Waals surface area contributed by atoms with Crippen molar-refractivity contribution in [1.82, 2.24) is 10.2 Å². The fourth-order valence-electron chi connectivity index (χ4n) is 3.55. The topological polar surface area (TPSA) is 75.7 Å². The smallest absolute Gasteiger partial charge is 0.255 e. The Hall–Kier alpha value is -2.28. The fraction of sp³-hybridized carbons (Fsp3) is 0.250. The Morgan fingerprint density at radius 3 is 2.52 bits per heavy atom. The Morgan fingerprint density at radius 2 is 1.83 bits per heavy atom. The largest absolute Gasteiger partial charge is 0.488 e. The van der Waals surface area contributed by atoms with E-state index in [9.17, 15) is 14.4 Å². The molecule has 2 aromatic carbocycles.